The molecule has 0 spiro atoms. The number of nitrogens with one attached hydrogen (secondary N) is 1. The minimum atomic E-state index is -3.57. The number of sulfonamides is 1. The van der Waals surface area contributed by atoms with Gasteiger partial charge >= 0.3 is 0 Å². The second-order valence-corrected chi connectivity index (χ2v) is 7.86. The average molecular weight is 334 g/mol. The quantitative estimate of drug-likeness (QED) is 0.921. The van der Waals surface area contributed by atoms with Crippen LogP contribution >= 0.6 is 0 Å². The molecule has 0 bridgehead atoms. The molecule has 1 aromatic carbocycles. The van der Waals surface area contributed by atoms with E-state index >= 15 is 0 Å². The lowest BCUT2D eigenvalue weighted by molar-refractivity contribution is 0.258. The Kier molecular flexibility index (Phi) is 4.27. The van der Waals surface area contributed by atoms with E-state index in [1.807, 2.05) is 43.8 Å². The standard InChI is InChI=1S/C16H22N4O2S/c1-12-4-5-13(2)15(10-12)23(21,22)20-9-6-17-11-14(20)16-18-7-8-19(16)3/h4-5,7-8,10,14,17H,6,9,11H2,1-3H3. The van der Waals surface area contributed by atoms with Gasteiger partial charge in [-0.2, -0.15) is 4.31 Å². The first-order valence-corrected chi connectivity index (χ1v) is 9.12. The van der Waals surface area contributed by atoms with Gasteiger partial charge in [0.15, 0.2) is 0 Å². The fourth-order valence-electron chi connectivity index (χ4n) is 3.00. The van der Waals surface area contributed by atoms with E-state index in [0.717, 1.165) is 17.0 Å². The Morgan fingerprint density at radius 1 is 1.30 bits per heavy atom. The molecule has 1 aliphatic heterocycles. The highest BCUT2D eigenvalue weighted by molar-refractivity contribution is 7.89. The van der Waals surface area contributed by atoms with E-state index in [9.17, 15) is 8.42 Å². The van der Waals surface area contributed by atoms with Crippen molar-refractivity contribution in [1.29, 1.82) is 0 Å². The van der Waals surface area contributed by atoms with Crippen LogP contribution in [0.3, 0.4) is 0 Å². The number of hydrogen-bond acceptors (Lipinski definition) is 4. The minimum Gasteiger partial charge on any atom is -0.337 e. The van der Waals surface area contributed by atoms with E-state index in [4.69, 9.17) is 0 Å². The molecule has 0 aliphatic carbocycles. The Labute approximate surface area is 137 Å². The van der Waals surface area contributed by atoms with Crippen LogP contribution in [0, 0.1) is 13.8 Å². The summed E-state index contributed by atoms with van der Waals surface area (Å²) in [4.78, 5) is 4.74. The van der Waals surface area contributed by atoms with E-state index < -0.39 is 10.0 Å². The van der Waals surface area contributed by atoms with E-state index in [0.29, 0.717) is 24.5 Å². The zero-order valence-corrected chi connectivity index (χ0v) is 14.5. The zero-order valence-electron chi connectivity index (χ0n) is 13.7. The molecule has 1 N–H and O–H groups in total. The molecule has 6 nitrogen and oxygen atoms in total. The van der Waals surface area contributed by atoms with Crippen molar-refractivity contribution in [3.8, 4) is 0 Å². The summed E-state index contributed by atoms with van der Waals surface area (Å²) >= 11 is 0. The molecule has 0 radical (unpaired) electrons. The van der Waals surface area contributed by atoms with Gasteiger partial charge in [-0.15, -0.1) is 0 Å². The first-order valence-electron chi connectivity index (χ1n) is 7.68. The first-order chi connectivity index (χ1) is 10.9. The molecule has 23 heavy (non-hydrogen) atoms. The summed E-state index contributed by atoms with van der Waals surface area (Å²) in [6.07, 6.45) is 3.54. The normalized spacial score (nSPS) is 19.9. The van der Waals surface area contributed by atoms with Gasteiger partial charge in [0.1, 0.15) is 5.82 Å². The maximum absolute atomic E-state index is 13.2. The fourth-order valence-corrected chi connectivity index (χ4v) is 4.90. The highest BCUT2D eigenvalue weighted by Crippen LogP contribution is 2.29. The number of benzene rings is 1. The third-order valence-corrected chi connectivity index (χ3v) is 6.33. The maximum atomic E-state index is 13.2. The lowest BCUT2D eigenvalue weighted by Crippen LogP contribution is -2.49. The molecule has 1 saturated heterocycles. The highest BCUT2D eigenvalue weighted by atomic mass is 32.2. The number of rotatable bonds is 3. The smallest absolute Gasteiger partial charge is 0.244 e. The van der Waals surface area contributed by atoms with Crippen molar-refractivity contribution in [3.63, 3.8) is 0 Å². The van der Waals surface area contributed by atoms with Crippen molar-refractivity contribution < 1.29 is 8.42 Å². The SMILES string of the molecule is Cc1ccc(C)c(S(=O)(=O)N2CCNCC2c2nccn2C)c1. The van der Waals surface area contributed by atoms with Crippen LogP contribution in [-0.2, 0) is 17.1 Å². The van der Waals surface area contributed by atoms with Crippen molar-refractivity contribution in [2.24, 2.45) is 7.05 Å². The Morgan fingerprint density at radius 2 is 2.09 bits per heavy atom. The average Bonchev–Trinajstić information content (AvgIpc) is 2.95. The predicted octanol–water partition coefficient (Wildman–Crippen LogP) is 1.37. The number of hydrogen-bond donors (Lipinski definition) is 1. The molecule has 3 rings (SSSR count). The minimum absolute atomic E-state index is 0.298. The molecule has 1 aromatic heterocycles. The van der Waals surface area contributed by atoms with Crippen molar-refractivity contribution >= 4 is 10.0 Å². The molecular formula is C16H22N4O2S. The highest BCUT2D eigenvalue weighted by Gasteiger charge is 2.36. The van der Waals surface area contributed by atoms with Crippen molar-refractivity contribution in [2.45, 2.75) is 24.8 Å². The van der Waals surface area contributed by atoms with Crippen LogP contribution in [0.25, 0.3) is 0 Å². The van der Waals surface area contributed by atoms with Gasteiger partial charge in [0.25, 0.3) is 0 Å². The zero-order chi connectivity index (χ0) is 16.6. The summed E-state index contributed by atoms with van der Waals surface area (Å²) in [5.41, 5.74) is 1.71. The molecule has 0 amide bonds. The Balaban J connectivity index is 2.06. The largest absolute Gasteiger partial charge is 0.337 e. The van der Waals surface area contributed by atoms with Gasteiger partial charge < -0.3 is 9.88 Å². The van der Waals surface area contributed by atoms with Gasteiger partial charge in [0, 0.05) is 39.1 Å². The van der Waals surface area contributed by atoms with Crippen molar-refractivity contribution in [1.82, 2.24) is 19.2 Å². The third-order valence-electron chi connectivity index (χ3n) is 4.28. The van der Waals surface area contributed by atoms with E-state index in [1.165, 1.54) is 0 Å². The molecule has 0 saturated carbocycles. The van der Waals surface area contributed by atoms with E-state index in [-0.39, 0.29) is 6.04 Å². The topological polar surface area (TPSA) is 67.2 Å². The summed E-state index contributed by atoms with van der Waals surface area (Å²) in [5, 5.41) is 3.27. The van der Waals surface area contributed by atoms with E-state index in [1.54, 1.807) is 16.6 Å². The summed E-state index contributed by atoms with van der Waals surface area (Å²) in [6, 6.07) is 5.25. The number of piperazine rings is 1. The van der Waals surface area contributed by atoms with Gasteiger partial charge in [-0.3, -0.25) is 0 Å². The second kappa shape index (κ2) is 6.07. The molecule has 2 aromatic rings. The number of aromatic nitrogens is 2. The lowest BCUT2D eigenvalue weighted by atomic mass is 10.2. The predicted molar refractivity (Wildman–Crippen MR) is 88.6 cm³/mol. The molecule has 1 atom stereocenters. The van der Waals surface area contributed by atoms with Crippen LogP contribution in [0.2, 0.25) is 0 Å². The van der Waals surface area contributed by atoms with Crippen LogP contribution in [-0.4, -0.2) is 41.9 Å². The summed E-state index contributed by atoms with van der Waals surface area (Å²) in [7, 11) is -1.68. The van der Waals surface area contributed by atoms with Gasteiger partial charge in [0.2, 0.25) is 10.0 Å². The monoisotopic (exact) mass is 334 g/mol. The summed E-state index contributed by atoms with van der Waals surface area (Å²) in [6.45, 7) is 5.39. The van der Waals surface area contributed by atoms with Crippen LogP contribution in [0.4, 0.5) is 0 Å². The first kappa shape index (κ1) is 16.2. The number of aryl methyl sites for hydroxylation is 3. The summed E-state index contributed by atoms with van der Waals surface area (Å²) < 4.78 is 29.9. The van der Waals surface area contributed by atoms with Crippen LogP contribution in [0.15, 0.2) is 35.5 Å². The van der Waals surface area contributed by atoms with E-state index in [2.05, 4.69) is 10.3 Å². The number of imidazole rings is 1. The molecule has 124 valence electrons. The molecule has 2 heterocycles. The summed E-state index contributed by atoms with van der Waals surface area (Å²) in [5.74, 6) is 0.756. The third kappa shape index (κ3) is 2.91. The Bertz CT molecular complexity index is 813. The molecule has 7 heteroatoms. The lowest BCUT2D eigenvalue weighted by Gasteiger charge is -2.35. The Morgan fingerprint density at radius 3 is 2.78 bits per heavy atom. The molecule has 1 fully saturated rings. The Hall–Kier alpha value is -1.70. The van der Waals surface area contributed by atoms with Gasteiger partial charge in [0.05, 0.1) is 10.9 Å². The van der Waals surface area contributed by atoms with Crippen LogP contribution < -0.4 is 5.32 Å². The molecular weight excluding hydrogens is 312 g/mol. The number of nitrogens with zero attached hydrogens (tertiary/aromatic N) is 3. The second-order valence-electron chi connectivity index (χ2n) is 6.00. The maximum Gasteiger partial charge on any atom is 0.244 e. The van der Waals surface area contributed by atoms with Crippen LogP contribution in [0.1, 0.15) is 23.0 Å². The van der Waals surface area contributed by atoms with Gasteiger partial charge in [-0.05, 0) is 31.0 Å². The fraction of sp³-hybridized carbons (Fsp3) is 0.438. The van der Waals surface area contributed by atoms with Crippen molar-refractivity contribution in [3.05, 3.63) is 47.5 Å². The van der Waals surface area contributed by atoms with Gasteiger partial charge in [-0.1, -0.05) is 12.1 Å². The molecule has 1 unspecified atom stereocenters. The van der Waals surface area contributed by atoms with Crippen LogP contribution in [0.5, 0.6) is 0 Å². The van der Waals surface area contributed by atoms with Crippen molar-refractivity contribution in [2.75, 3.05) is 19.6 Å². The van der Waals surface area contributed by atoms with Gasteiger partial charge in [-0.25, -0.2) is 13.4 Å². The molecule has 1 aliphatic rings.